The third-order valence-electron chi connectivity index (χ3n) is 2.83. The second-order valence-corrected chi connectivity index (χ2v) is 6.03. The summed E-state index contributed by atoms with van der Waals surface area (Å²) in [5.41, 5.74) is 8.21. The van der Waals surface area contributed by atoms with Gasteiger partial charge in [-0.1, -0.05) is 19.8 Å². The molecule has 0 radical (unpaired) electrons. The third-order valence-corrected chi connectivity index (χ3v) is 4.17. The summed E-state index contributed by atoms with van der Waals surface area (Å²) < 4.78 is 11.9. The van der Waals surface area contributed by atoms with E-state index in [-0.39, 0.29) is 0 Å². The lowest BCUT2D eigenvalue weighted by molar-refractivity contribution is 0.675. The van der Waals surface area contributed by atoms with Gasteiger partial charge in [0.05, 0.1) is 16.8 Å². The first kappa shape index (κ1) is 13.1. The Morgan fingerprint density at radius 3 is 3.00 bits per heavy atom. The van der Waals surface area contributed by atoms with E-state index in [1.54, 1.807) is 0 Å². The van der Waals surface area contributed by atoms with Gasteiger partial charge in [-0.05, 0) is 24.6 Å². The van der Waals surface area contributed by atoms with Gasteiger partial charge in [0, 0.05) is 22.2 Å². The van der Waals surface area contributed by atoms with Gasteiger partial charge in [-0.3, -0.25) is 4.21 Å². The smallest absolute Gasteiger partial charge is 0.119 e. The van der Waals surface area contributed by atoms with Gasteiger partial charge in [0.2, 0.25) is 0 Å². The minimum Gasteiger partial charge on any atom is -0.399 e. The molecule has 3 N–H and O–H groups in total. The number of nitrogen functional groups attached to an aromatic ring is 1. The first-order chi connectivity index (χ1) is 8.69. The second kappa shape index (κ2) is 6.00. The van der Waals surface area contributed by atoms with Crippen molar-refractivity contribution in [3.63, 3.8) is 0 Å². The van der Waals surface area contributed by atoms with Crippen LogP contribution in [-0.4, -0.2) is 19.9 Å². The van der Waals surface area contributed by atoms with Gasteiger partial charge in [-0.25, -0.2) is 4.98 Å². The van der Waals surface area contributed by atoms with Crippen molar-refractivity contribution < 1.29 is 4.21 Å². The van der Waals surface area contributed by atoms with Gasteiger partial charge in [-0.15, -0.1) is 0 Å². The van der Waals surface area contributed by atoms with E-state index < -0.39 is 10.8 Å². The molecule has 2 aromatic rings. The maximum atomic E-state index is 11.9. The van der Waals surface area contributed by atoms with E-state index in [2.05, 4.69) is 16.9 Å². The summed E-state index contributed by atoms with van der Waals surface area (Å²) in [6, 6.07) is 5.56. The van der Waals surface area contributed by atoms with Crippen LogP contribution >= 0.6 is 0 Å². The lowest BCUT2D eigenvalue weighted by atomic mass is 10.3. The molecule has 18 heavy (non-hydrogen) atoms. The van der Waals surface area contributed by atoms with E-state index in [4.69, 9.17) is 5.73 Å². The number of nitrogens with two attached hydrogens (primary N) is 1. The molecule has 0 aliphatic heterocycles. The normalized spacial score (nSPS) is 12.9. The zero-order valence-corrected chi connectivity index (χ0v) is 11.4. The molecule has 4 nitrogen and oxygen atoms in total. The summed E-state index contributed by atoms with van der Waals surface area (Å²) in [5.74, 6) is 2.04. The van der Waals surface area contributed by atoms with Crippen LogP contribution in [0.3, 0.4) is 0 Å². The average Bonchev–Trinajstić information content (AvgIpc) is 2.70. The number of aromatic nitrogens is 2. The SMILES string of the molecule is CCCCCS(=O)Cc1nc2ccc(N)cc2[nH]1. The minimum atomic E-state index is -0.830. The van der Waals surface area contributed by atoms with Crippen LogP contribution < -0.4 is 5.73 Å². The number of nitrogens with one attached hydrogen (secondary N) is 1. The van der Waals surface area contributed by atoms with Gasteiger partial charge >= 0.3 is 0 Å². The highest BCUT2D eigenvalue weighted by Crippen LogP contribution is 2.15. The Kier molecular flexibility index (Phi) is 4.36. The highest BCUT2D eigenvalue weighted by molar-refractivity contribution is 7.84. The molecule has 0 bridgehead atoms. The van der Waals surface area contributed by atoms with E-state index in [1.807, 2.05) is 18.2 Å². The molecule has 1 aromatic heterocycles. The lowest BCUT2D eigenvalue weighted by Crippen LogP contribution is -2.02. The number of H-pyrrole nitrogens is 1. The molecule has 1 unspecified atom stereocenters. The molecule has 0 aliphatic rings. The zero-order valence-electron chi connectivity index (χ0n) is 10.6. The molecule has 0 aliphatic carbocycles. The quantitative estimate of drug-likeness (QED) is 0.623. The molecule has 5 heteroatoms. The number of aromatic amines is 1. The maximum absolute atomic E-state index is 11.9. The number of benzene rings is 1. The van der Waals surface area contributed by atoms with Crippen molar-refractivity contribution in [1.29, 1.82) is 0 Å². The monoisotopic (exact) mass is 265 g/mol. The predicted molar refractivity (Wildman–Crippen MR) is 76.7 cm³/mol. The summed E-state index contributed by atoms with van der Waals surface area (Å²) in [4.78, 5) is 7.59. The van der Waals surface area contributed by atoms with E-state index in [9.17, 15) is 4.21 Å². The number of nitrogens with zero attached hydrogens (tertiary/aromatic N) is 1. The van der Waals surface area contributed by atoms with Gasteiger partial charge in [0.1, 0.15) is 5.82 Å². The van der Waals surface area contributed by atoms with Crippen LogP contribution in [0, 0.1) is 0 Å². The van der Waals surface area contributed by atoms with E-state index in [1.165, 1.54) is 0 Å². The number of hydrogen-bond donors (Lipinski definition) is 2. The van der Waals surface area contributed by atoms with Gasteiger partial charge in [0.15, 0.2) is 0 Å². The molecule has 0 fully saturated rings. The first-order valence-corrected chi connectivity index (χ1v) is 7.77. The molecular formula is C13H19N3OS. The van der Waals surface area contributed by atoms with Crippen LogP contribution in [0.15, 0.2) is 18.2 Å². The zero-order chi connectivity index (χ0) is 13.0. The van der Waals surface area contributed by atoms with Crippen LogP contribution in [0.1, 0.15) is 32.0 Å². The standard InChI is InChI=1S/C13H19N3OS/c1-2-3-4-7-18(17)9-13-15-11-6-5-10(14)8-12(11)16-13/h5-6,8H,2-4,7,9,14H2,1H3,(H,15,16). The number of imidazole rings is 1. The number of hydrogen-bond acceptors (Lipinski definition) is 3. The third kappa shape index (κ3) is 3.32. The van der Waals surface area contributed by atoms with Crippen molar-refractivity contribution in [2.45, 2.75) is 31.9 Å². The number of fused-ring (bicyclic) bond motifs is 1. The second-order valence-electron chi connectivity index (χ2n) is 4.46. The van der Waals surface area contributed by atoms with Crippen molar-refractivity contribution in [2.24, 2.45) is 0 Å². The summed E-state index contributed by atoms with van der Waals surface area (Å²) in [7, 11) is -0.830. The van der Waals surface area contributed by atoms with Crippen LogP contribution in [0.5, 0.6) is 0 Å². The van der Waals surface area contributed by atoms with Crippen molar-refractivity contribution in [3.8, 4) is 0 Å². The molecule has 98 valence electrons. The number of rotatable bonds is 6. The van der Waals surface area contributed by atoms with Gasteiger partial charge < -0.3 is 10.7 Å². The molecule has 0 amide bonds. The van der Waals surface area contributed by atoms with Crippen molar-refractivity contribution >= 4 is 27.5 Å². The molecule has 1 heterocycles. The molecule has 2 rings (SSSR count). The molecule has 0 saturated carbocycles. The van der Waals surface area contributed by atoms with Crippen LogP contribution in [0.25, 0.3) is 11.0 Å². The fourth-order valence-corrected chi connectivity index (χ4v) is 3.00. The molecule has 1 atom stereocenters. The Labute approximate surface area is 109 Å². The van der Waals surface area contributed by atoms with Crippen LogP contribution in [-0.2, 0) is 16.6 Å². The topological polar surface area (TPSA) is 71.8 Å². The summed E-state index contributed by atoms with van der Waals surface area (Å²) in [5, 5.41) is 0. The van der Waals surface area contributed by atoms with Crippen molar-refractivity contribution in [3.05, 3.63) is 24.0 Å². The lowest BCUT2D eigenvalue weighted by Gasteiger charge is -1.98. The Balaban J connectivity index is 2.01. The minimum absolute atomic E-state index is 0.498. The Bertz CT molecular complexity index is 550. The van der Waals surface area contributed by atoms with Crippen molar-refractivity contribution in [1.82, 2.24) is 9.97 Å². The van der Waals surface area contributed by atoms with E-state index >= 15 is 0 Å². The van der Waals surface area contributed by atoms with Gasteiger partial charge in [-0.2, -0.15) is 0 Å². The highest BCUT2D eigenvalue weighted by Gasteiger charge is 2.07. The Hall–Kier alpha value is -1.36. The summed E-state index contributed by atoms with van der Waals surface area (Å²) in [6.45, 7) is 2.15. The van der Waals surface area contributed by atoms with E-state index in [0.29, 0.717) is 11.4 Å². The molecule has 1 aromatic carbocycles. The van der Waals surface area contributed by atoms with Crippen molar-refractivity contribution in [2.75, 3.05) is 11.5 Å². The molecular weight excluding hydrogens is 246 g/mol. The fourth-order valence-electron chi connectivity index (χ4n) is 1.89. The van der Waals surface area contributed by atoms with Crippen LogP contribution in [0.2, 0.25) is 0 Å². The molecule has 0 spiro atoms. The van der Waals surface area contributed by atoms with Gasteiger partial charge in [0.25, 0.3) is 0 Å². The number of unbranched alkanes of at least 4 members (excludes halogenated alkanes) is 2. The highest BCUT2D eigenvalue weighted by atomic mass is 32.2. The first-order valence-electron chi connectivity index (χ1n) is 6.28. The average molecular weight is 265 g/mol. The maximum Gasteiger partial charge on any atom is 0.119 e. The Morgan fingerprint density at radius 1 is 1.39 bits per heavy atom. The largest absolute Gasteiger partial charge is 0.399 e. The summed E-state index contributed by atoms with van der Waals surface area (Å²) >= 11 is 0. The summed E-state index contributed by atoms with van der Waals surface area (Å²) in [6.07, 6.45) is 3.32. The van der Waals surface area contributed by atoms with E-state index in [0.717, 1.165) is 41.9 Å². The number of anilines is 1. The fraction of sp³-hybridized carbons (Fsp3) is 0.462. The van der Waals surface area contributed by atoms with Crippen LogP contribution in [0.4, 0.5) is 5.69 Å². The Morgan fingerprint density at radius 2 is 2.22 bits per heavy atom. The molecule has 0 saturated heterocycles. The predicted octanol–water partition coefficient (Wildman–Crippen LogP) is 2.58.